The van der Waals surface area contributed by atoms with Crippen molar-refractivity contribution in [3.63, 3.8) is 0 Å². The third kappa shape index (κ3) is 2.23. The fourth-order valence-electron chi connectivity index (χ4n) is 2.70. The third-order valence-corrected chi connectivity index (χ3v) is 4.31. The van der Waals surface area contributed by atoms with Crippen molar-refractivity contribution in [2.24, 2.45) is 11.8 Å². The lowest BCUT2D eigenvalue weighted by atomic mass is 9.88. The summed E-state index contributed by atoms with van der Waals surface area (Å²) in [5.41, 5.74) is 1.67. The van der Waals surface area contributed by atoms with E-state index in [2.05, 4.69) is 24.0 Å². The Morgan fingerprint density at radius 2 is 2.21 bits per heavy atom. The number of nitrogens with zero attached hydrogens (tertiary/aromatic N) is 2. The van der Waals surface area contributed by atoms with E-state index in [4.69, 9.17) is 0 Å². The fraction of sp³-hybridized carbons (Fsp3) is 0.467. The molecule has 0 spiro atoms. The van der Waals surface area contributed by atoms with Crippen molar-refractivity contribution in [1.82, 2.24) is 15.1 Å². The summed E-state index contributed by atoms with van der Waals surface area (Å²) in [6.45, 7) is 6.22. The second kappa shape index (κ2) is 4.68. The number of H-pyrrole nitrogens is 1. The number of hydrogen-bond donors (Lipinski definition) is 1. The highest BCUT2D eigenvalue weighted by Crippen LogP contribution is 2.24. The number of benzene rings is 1. The summed E-state index contributed by atoms with van der Waals surface area (Å²) in [5.74, 6) is 1.42. The molecule has 1 fully saturated rings. The quantitative estimate of drug-likeness (QED) is 0.854. The third-order valence-electron chi connectivity index (χ3n) is 4.31. The van der Waals surface area contributed by atoms with Crippen molar-refractivity contribution in [2.75, 3.05) is 13.1 Å². The summed E-state index contributed by atoms with van der Waals surface area (Å²) in [7, 11) is 0. The topological polar surface area (TPSA) is 49.0 Å². The molecule has 1 amide bonds. The van der Waals surface area contributed by atoms with Crippen LogP contribution in [0.5, 0.6) is 0 Å². The second-order valence-corrected chi connectivity index (χ2v) is 5.67. The van der Waals surface area contributed by atoms with Gasteiger partial charge in [0, 0.05) is 24.0 Å². The number of rotatable bonds is 1. The molecule has 0 bridgehead atoms. The van der Waals surface area contributed by atoms with Gasteiger partial charge in [0.2, 0.25) is 0 Å². The van der Waals surface area contributed by atoms with Crippen LogP contribution in [0.3, 0.4) is 0 Å². The molecule has 4 nitrogen and oxygen atoms in total. The number of aromatic nitrogens is 2. The summed E-state index contributed by atoms with van der Waals surface area (Å²) in [4.78, 5) is 14.5. The molecule has 100 valence electrons. The van der Waals surface area contributed by atoms with Crippen molar-refractivity contribution >= 4 is 16.8 Å². The van der Waals surface area contributed by atoms with Gasteiger partial charge in [0.15, 0.2) is 0 Å². The predicted octanol–water partition coefficient (Wildman–Crippen LogP) is 2.68. The van der Waals surface area contributed by atoms with Crippen LogP contribution in [0, 0.1) is 11.8 Å². The summed E-state index contributed by atoms with van der Waals surface area (Å²) < 4.78 is 0. The number of carbonyl (C=O) groups is 1. The SMILES string of the molecule is CC1CCN(C(=O)c2ccc3cn[nH]c3c2)CC1C. The van der Waals surface area contributed by atoms with Gasteiger partial charge in [0.25, 0.3) is 5.91 Å². The average Bonchev–Trinajstić information content (AvgIpc) is 2.88. The Morgan fingerprint density at radius 1 is 1.37 bits per heavy atom. The smallest absolute Gasteiger partial charge is 0.253 e. The van der Waals surface area contributed by atoms with Crippen molar-refractivity contribution in [2.45, 2.75) is 20.3 Å². The monoisotopic (exact) mass is 257 g/mol. The summed E-state index contributed by atoms with van der Waals surface area (Å²) in [6, 6.07) is 5.73. The molecule has 2 aromatic rings. The van der Waals surface area contributed by atoms with E-state index >= 15 is 0 Å². The fourth-order valence-corrected chi connectivity index (χ4v) is 2.70. The molecule has 3 rings (SSSR count). The molecule has 4 heteroatoms. The molecule has 1 saturated heterocycles. The number of nitrogens with one attached hydrogen (secondary N) is 1. The van der Waals surface area contributed by atoms with Crippen LogP contribution in [0.15, 0.2) is 24.4 Å². The van der Waals surface area contributed by atoms with Crippen LogP contribution in [-0.4, -0.2) is 34.1 Å². The van der Waals surface area contributed by atoms with Crippen LogP contribution in [0.4, 0.5) is 0 Å². The lowest BCUT2D eigenvalue weighted by Crippen LogP contribution is -2.42. The molecule has 0 radical (unpaired) electrons. The first kappa shape index (κ1) is 12.2. The van der Waals surface area contributed by atoms with E-state index in [0.717, 1.165) is 36.0 Å². The van der Waals surface area contributed by atoms with Crippen LogP contribution < -0.4 is 0 Å². The van der Waals surface area contributed by atoms with E-state index < -0.39 is 0 Å². The Hall–Kier alpha value is -1.84. The zero-order valence-corrected chi connectivity index (χ0v) is 11.4. The van der Waals surface area contributed by atoms with E-state index in [9.17, 15) is 4.79 Å². The highest BCUT2D eigenvalue weighted by atomic mass is 16.2. The number of carbonyl (C=O) groups excluding carboxylic acids is 1. The standard InChI is InChI=1S/C15H19N3O/c1-10-5-6-18(9-11(10)2)15(19)12-3-4-13-8-16-17-14(13)7-12/h3-4,7-8,10-11H,5-6,9H2,1-2H3,(H,16,17). The van der Waals surface area contributed by atoms with Gasteiger partial charge in [-0.15, -0.1) is 0 Å². The van der Waals surface area contributed by atoms with E-state index in [0.29, 0.717) is 11.8 Å². The largest absolute Gasteiger partial charge is 0.338 e. The zero-order chi connectivity index (χ0) is 13.4. The number of likely N-dealkylation sites (tertiary alicyclic amines) is 1. The predicted molar refractivity (Wildman–Crippen MR) is 74.9 cm³/mol. The Bertz CT molecular complexity index is 604. The first-order valence-corrected chi connectivity index (χ1v) is 6.87. The Labute approximate surface area is 112 Å². The minimum absolute atomic E-state index is 0.134. The molecule has 1 aliphatic heterocycles. The number of fused-ring (bicyclic) bond motifs is 1. The van der Waals surface area contributed by atoms with Crippen LogP contribution in [-0.2, 0) is 0 Å². The molecule has 0 aliphatic carbocycles. The number of amides is 1. The van der Waals surface area contributed by atoms with Crippen molar-refractivity contribution in [1.29, 1.82) is 0 Å². The highest BCUT2D eigenvalue weighted by molar-refractivity contribution is 5.97. The molecular weight excluding hydrogens is 238 g/mol. The minimum Gasteiger partial charge on any atom is -0.338 e. The molecule has 2 heterocycles. The molecule has 2 atom stereocenters. The van der Waals surface area contributed by atoms with Crippen LogP contribution in [0.25, 0.3) is 10.9 Å². The van der Waals surface area contributed by atoms with E-state index in [-0.39, 0.29) is 5.91 Å². The molecule has 1 aromatic carbocycles. The van der Waals surface area contributed by atoms with Gasteiger partial charge in [0.1, 0.15) is 0 Å². The van der Waals surface area contributed by atoms with Gasteiger partial charge in [-0.25, -0.2) is 0 Å². The number of piperidine rings is 1. The van der Waals surface area contributed by atoms with Crippen LogP contribution >= 0.6 is 0 Å². The van der Waals surface area contributed by atoms with E-state index in [1.807, 2.05) is 23.1 Å². The van der Waals surface area contributed by atoms with Gasteiger partial charge in [-0.2, -0.15) is 5.10 Å². The van der Waals surface area contributed by atoms with Crippen molar-refractivity contribution in [3.05, 3.63) is 30.0 Å². The Morgan fingerprint density at radius 3 is 3.00 bits per heavy atom. The Balaban J connectivity index is 1.83. The van der Waals surface area contributed by atoms with Crippen molar-refractivity contribution in [3.8, 4) is 0 Å². The van der Waals surface area contributed by atoms with Gasteiger partial charge in [-0.3, -0.25) is 9.89 Å². The Kier molecular flexibility index (Phi) is 3.01. The van der Waals surface area contributed by atoms with Gasteiger partial charge in [-0.1, -0.05) is 19.9 Å². The first-order valence-electron chi connectivity index (χ1n) is 6.87. The zero-order valence-electron chi connectivity index (χ0n) is 11.4. The molecule has 0 saturated carbocycles. The van der Waals surface area contributed by atoms with Gasteiger partial charge in [-0.05, 0) is 30.4 Å². The highest BCUT2D eigenvalue weighted by Gasteiger charge is 2.26. The lowest BCUT2D eigenvalue weighted by Gasteiger charge is -2.35. The molecule has 1 N–H and O–H groups in total. The van der Waals surface area contributed by atoms with E-state index in [1.54, 1.807) is 6.20 Å². The van der Waals surface area contributed by atoms with Gasteiger partial charge >= 0.3 is 0 Å². The first-order chi connectivity index (χ1) is 9.15. The summed E-state index contributed by atoms with van der Waals surface area (Å²) in [5, 5.41) is 7.94. The van der Waals surface area contributed by atoms with Crippen LogP contribution in [0.1, 0.15) is 30.6 Å². The maximum Gasteiger partial charge on any atom is 0.253 e. The van der Waals surface area contributed by atoms with Crippen molar-refractivity contribution < 1.29 is 4.79 Å². The number of hydrogen-bond acceptors (Lipinski definition) is 2. The minimum atomic E-state index is 0.134. The van der Waals surface area contributed by atoms with Gasteiger partial charge < -0.3 is 4.90 Å². The second-order valence-electron chi connectivity index (χ2n) is 5.67. The molecule has 2 unspecified atom stereocenters. The van der Waals surface area contributed by atoms with Crippen LogP contribution in [0.2, 0.25) is 0 Å². The average molecular weight is 257 g/mol. The maximum absolute atomic E-state index is 12.5. The summed E-state index contributed by atoms with van der Waals surface area (Å²) in [6.07, 6.45) is 2.87. The molecule has 1 aromatic heterocycles. The number of aromatic amines is 1. The molecule has 1 aliphatic rings. The maximum atomic E-state index is 12.5. The molecule has 19 heavy (non-hydrogen) atoms. The van der Waals surface area contributed by atoms with E-state index in [1.165, 1.54) is 0 Å². The molecular formula is C15H19N3O. The van der Waals surface area contributed by atoms with Gasteiger partial charge in [0.05, 0.1) is 11.7 Å². The lowest BCUT2D eigenvalue weighted by molar-refractivity contribution is 0.0627. The normalized spacial score (nSPS) is 23.8. The summed E-state index contributed by atoms with van der Waals surface area (Å²) >= 11 is 0.